The number of fused-ring (bicyclic) bond motifs is 1. The van der Waals surface area contributed by atoms with Crippen molar-refractivity contribution in [2.45, 2.75) is 18.9 Å². The molecule has 0 fully saturated rings. The number of anilines is 1. The molecule has 1 atom stereocenters. The predicted octanol–water partition coefficient (Wildman–Crippen LogP) is 4.66. The fourth-order valence-corrected chi connectivity index (χ4v) is 3.34. The van der Waals surface area contributed by atoms with E-state index in [1.165, 1.54) is 17.2 Å². The molecule has 0 saturated carbocycles. The molecule has 3 rings (SSSR count). The zero-order valence-corrected chi connectivity index (χ0v) is 13.0. The van der Waals surface area contributed by atoms with Crippen molar-refractivity contribution in [3.05, 3.63) is 61.9 Å². The Bertz CT molecular complexity index is 630. The maximum Gasteiger partial charge on any atom is 0.124 e. The maximum absolute atomic E-state index is 13.1. The summed E-state index contributed by atoms with van der Waals surface area (Å²) in [5.74, 6) is -0.198. The molecule has 4 heteroatoms. The van der Waals surface area contributed by atoms with Gasteiger partial charge in [0.2, 0.25) is 0 Å². The van der Waals surface area contributed by atoms with E-state index in [0.717, 1.165) is 27.1 Å². The van der Waals surface area contributed by atoms with Gasteiger partial charge in [0, 0.05) is 20.3 Å². The summed E-state index contributed by atoms with van der Waals surface area (Å²) >= 11 is 8.16. The molecule has 2 aromatic rings. The number of nitrogens with one attached hydrogen (secondary N) is 1. The van der Waals surface area contributed by atoms with E-state index in [2.05, 4.69) is 34.0 Å². The number of hydrogen-bond acceptors (Lipinski definition) is 1. The Kier molecular flexibility index (Phi) is 3.67. The second kappa shape index (κ2) is 5.29. The summed E-state index contributed by atoms with van der Waals surface area (Å²) in [6, 6.07) is 11.2. The summed E-state index contributed by atoms with van der Waals surface area (Å²) in [7, 11) is 0. The molecular formula is C15H12ClFIN. The van der Waals surface area contributed by atoms with E-state index in [9.17, 15) is 4.39 Å². The number of halogens is 3. The van der Waals surface area contributed by atoms with Crippen LogP contribution in [0.15, 0.2) is 36.4 Å². The van der Waals surface area contributed by atoms with Gasteiger partial charge >= 0.3 is 0 Å². The lowest BCUT2D eigenvalue weighted by molar-refractivity contribution is 0.626. The van der Waals surface area contributed by atoms with Crippen molar-refractivity contribution < 1.29 is 4.39 Å². The average molecular weight is 388 g/mol. The quantitative estimate of drug-likeness (QED) is 0.739. The summed E-state index contributed by atoms with van der Waals surface area (Å²) in [6.07, 6.45) is 1.95. The van der Waals surface area contributed by atoms with E-state index in [4.69, 9.17) is 11.6 Å². The van der Waals surface area contributed by atoms with Crippen LogP contribution in [0.5, 0.6) is 0 Å². The second-order valence-electron chi connectivity index (χ2n) is 4.79. The van der Waals surface area contributed by atoms with Crippen LogP contribution in [-0.2, 0) is 12.8 Å². The zero-order valence-electron chi connectivity index (χ0n) is 10.1. The van der Waals surface area contributed by atoms with Crippen LogP contribution in [0.4, 0.5) is 10.1 Å². The van der Waals surface area contributed by atoms with Gasteiger partial charge in [-0.2, -0.15) is 0 Å². The van der Waals surface area contributed by atoms with Gasteiger partial charge in [-0.15, -0.1) is 0 Å². The molecule has 1 unspecified atom stereocenters. The Balaban J connectivity index is 1.77. The summed E-state index contributed by atoms with van der Waals surface area (Å²) in [4.78, 5) is 0. The van der Waals surface area contributed by atoms with Crippen LogP contribution in [0.2, 0.25) is 5.02 Å². The van der Waals surface area contributed by atoms with E-state index in [-0.39, 0.29) is 5.82 Å². The molecule has 1 N–H and O–H groups in total. The van der Waals surface area contributed by atoms with Crippen LogP contribution in [0, 0.1) is 9.39 Å². The first-order valence-corrected chi connectivity index (χ1v) is 7.56. The van der Waals surface area contributed by atoms with E-state index in [1.807, 2.05) is 12.1 Å². The van der Waals surface area contributed by atoms with Crippen molar-refractivity contribution in [1.29, 1.82) is 0 Å². The normalized spacial score (nSPS) is 17.3. The monoisotopic (exact) mass is 387 g/mol. The van der Waals surface area contributed by atoms with Gasteiger partial charge in [0.1, 0.15) is 5.82 Å². The molecule has 0 spiro atoms. The van der Waals surface area contributed by atoms with Crippen LogP contribution >= 0.6 is 34.2 Å². The maximum atomic E-state index is 13.1. The van der Waals surface area contributed by atoms with Gasteiger partial charge in [0.05, 0.1) is 0 Å². The average Bonchev–Trinajstić information content (AvgIpc) is 2.74. The second-order valence-corrected chi connectivity index (χ2v) is 6.39. The SMILES string of the molecule is Fc1ccc(NC2Cc3ccc(Cl)cc3C2)c(I)c1. The Hall–Kier alpha value is -0.810. The molecular weight excluding hydrogens is 376 g/mol. The minimum absolute atomic E-state index is 0.198. The van der Waals surface area contributed by atoms with E-state index < -0.39 is 0 Å². The first kappa shape index (κ1) is 13.2. The van der Waals surface area contributed by atoms with Crippen molar-refractivity contribution in [2.75, 3.05) is 5.32 Å². The lowest BCUT2D eigenvalue weighted by atomic mass is 10.1. The summed E-state index contributed by atoms with van der Waals surface area (Å²) in [5.41, 5.74) is 3.65. The highest BCUT2D eigenvalue weighted by Gasteiger charge is 2.21. The third kappa shape index (κ3) is 2.87. The van der Waals surface area contributed by atoms with Crippen LogP contribution in [-0.4, -0.2) is 6.04 Å². The third-order valence-electron chi connectivity index (χ3n) is 3.39. The van der Waals surface area contributed by atoms with Crippen molar-refractivity contribution in [2.24, 2.45) is 0 Å². The Morgan fingerprint density at radius 1 is 1.11 bits per heavy atom. The Morgan fingerprint density at radius 2 is 1.89 bits per heavy atom. The molecule has 0 aromatic heterocycles. The highest BCUT2D eigenvalue weighted by molar-refractivity contribution is 14.1. The standard InChI is InChI=1S/C15H12ClFIN/c16-11-2-1-9-6-13(7-10(9)5-11)19-15-4-3-12(17)8-14(15)18/h1-5,8,13,19H,6-7H2. The lowest BCUT2D eigenvalue weighted by Crippen LogP contribution is -2.20. The number of benzene rings is 2. The van der Waals surface area contributed by atoms with Gasteiger partial charge in [-0.1, -0.05) is 17.7 Å². The molecule has 0 saturated heterocycles. The van der Waals surface area contributed by atoms with Gasteiger partial charge in [-0.05, 0) is 76.9 Å². The highest BCUT2D eigenvalue weighted by Crippen LogP contribution is 2.28. The molecule has 0 radical (unpaired) electrons. The Labute approximate surface area is 130 Å². The third-order valence-corrected chi connectivity index (χ3v) is 4.52. The smallest absolute Gasteiger partial charge is 0.124 e. The highest BCUT2D eigenvalue weighted by atomic mass is 127. The number of hydrogen-bond donors (Lipinski definition) is 1. The van der Waals surface area contributed by atoms with Crippen molar-refractivity contribution in [3.8, 4) is 0 Å². The van der Waals surface area contributed by atoms with Crippen molar-refractivity contribution in [3.63, 3.8) is 0 Å². The predicted molar refractivity (Wildman–Crippen MR) is 85.4 cm³/mol. The molecule has 1 nitrogen and oxygen atoms in total. The van der Waals surface area contributed by atoms with Gasteiger partial charge in [-0.3, -0.25) is 0 Å². The van der Waals surface area contributed by atoms with Gasteiger partial charge in [0.25, 0.3) is 0 Å². The molecule has 0 aliphatic heterocycles. The summed E-state index contributed by atoms with van der Waals surface area (Å²) < 4.78 is 14.0. The molecule has 98 valence electrons. The lowest BCUT2D eigenvalue weighted by Gasteiger charge is -2.15. The van der Waals surface area contributed by atoms with Gasteiger partial charge in [-0.25, -0.2) is 4.39 Å². The largest absolute Gasteiger partial charge is 0.381 e. The topological polar surface area (TPSA) is 12.0 Å². The van der Waals surface area contributed by atoms with Crippen LogP contribution in [0.3, 0.4) is 0 Å². The first-order chi connectivity index (χ1) is 9.11. The number of rotatable bonds is 2. The van der Waals surface area contributed by atoms with Crippen LogP contribution in [0.1, 0.15) is 11.1 Å². The molecule has 2 aromatic carbocycles. The summed E-state index contributed by atoms with van der Waals surface area (Å²) in [5, 5.41) is 4.27. The van der Waals surface area contributed by atoms with E-state index in [1.54, 1.807) is 12.1 Å². The zero-order chi connectivity index (χ0) is 13.4. The van der Waals surface area contributed by atoms with Crippen molar-refractivity contribution in [1.82, 2.24) is 0 Å². The molecule has 0 bridgehead atoms. The first-order valence-electron chi connectivity index (χ1n) is 6.11. The Morgan fingerprint density at radius 3 is 2.68 bits per heavy atom. The van der Waals surface area contributed by atoms with Crippen LogP contribution in [0.25, 0.3) is 0 Å². The van der Waals surface area contributed by atoms with Gasteiger partial charge < -0.3 is 5.32 Å². The van der Waals surface area contributed by atoms with Crippen molar-refractivity contribution >= 4 is 39.9 Å². The molecule has 1 aliphatic rings. The summed E-state index contributed by atoms with van der Waals surface area (Å²) in [6.45, 7) is 0. The molecule has 0 heterocycles. The van der Waals surface area contributed by atoms with E-state index in [0.29, 0.717) is 6.04 Å². The van der Waals surface area contributed by atoms with E-state index >= 15 is 0 Å². The molecule has 1 aliphatic carbocycles. The van der Waals surface area contributed by atoms with Crippen LogP contribution < -0.4 is 5.32 Å². The minimum atomic E-state index is -0.198. The fraction of sp³-hybridized carbons (Fsp3) is 0.200. The van der Waals surface area contributed by atoms with Gasteiger partial charge in [0.15, 0.2) is 0 Å². The minimum Gasteiger partial charge on any atom is -0.381 e. The fourth-order valence-electron chi connectivity index (χ4n) is 2.52. The molecule has 0 amide bonds. The molecule has 19 heavy (non-hydrogen) atoms.